The number of ether oxygens (including phenoxy) is 1. The van der Waals surface area contributed by atoms with Gasteiger partial charge in [-0.15, -0.1) is 11.3 Å². The van der Waals surface area contributed by atoms with E-state index in [0.29, 0.717) is 54.7 Å². The van der Waals surface area contributed by atoms with Crippen LogP contribution in [0.25, 0.3) is 0 Å². The lowest BCUT2D eigenvalue weighted by Crippen LogP contribution is -2.50. The molecule has 1 N–H and O–H groups in total. The van der Waals surface area contributed by atoms with Gasteiger partial charge in [0.05, 0.1) is 18.7 Å². The maximum atomic E-state index is 12.7. The molecule has 3 heterocycles. The van der Waals surface area contributed by atoms with Gasteiger partial charge in [0, 0.05) is 31.1 Å². The van der Waals surface area contributed by atoms with Crippen LogP contribution in [0.1, 0.15) is 51.0 Å². The standard InChI is InChI=1S/C22H29N3O5S/c1-5-16-15(4)31-20(19(16)22(28)29-6-2)23-18(26)13-24-9-11-25(12-10-24)21(27)17-8-7-14(3)30-17/h7-8H,5-6,9-13H2,1-4H3,(H,23,26). The number of aryl methyl sites for hydroxylation is 2. The van der Waals surface area contributed by atoms with Crippen molar-refractivity contribution in [3.05, 3.63) is 39.7 Å². The third-order valence-corrected chi connectivity index (χ3v) is 6.34. The third kappa shape index (κ3) is 5.34. The average molecular weight is 448 g/mol. The van der Waals surface area contributed by atoms with Gasteiger partial charge in [-0.2, -0.15) is 0 Å². The van der Waals surface area contributed by atoms with Crippen molar-refractivity contribution in [1.29, 1.82) is 0 Å². The summed E-state index contributed by atoms with van der Waals surface area (Å²) in [6.45, 7) is 10.2. The minimum Gasteiger partial charge on any atom is -0.462 e. The van der Waals surface area contributed by atoms with Crippen LogP contribution < -0.4 is 5.32 Å². The van der Waals surface area contributed by atoms with Gasteiger partial charge in [0.25, 0.3) is 5.91 Å². The van der Waals surface area contributed by atoms with Gasteiger partial charge in [-0.25, -0.2) is 4.79 Å². The second kappa shape index (κ2) is 10.1. The zero-order chi connectivity index (χ0) is 22.5. The molecule has 0 bridgehead atoms. The zero-order valence-electron chi connectivity index (χ0n) is 18.4. The van der Waals surface area contributed by atoms with Crippen LogP contribution in [0.2, 0.25) is 0 Å². The van der Waals surface area contributed by atoms with Crippen LogP contribution in [0, 0.1) is 13.8 Å². The smallest absolute Gasteiger partial charge is 0.341 e. The van der Waals surface area contributed by atoms with E-state index in [0.717, 1.165) is 10.4 Å². The van der Waals surface area contributed by atoms with E-state index in [2.05, 4.69) is 5.32 Å². The fourth-order valence-corrected chi connectivity index (χ4v) is 4.84. The number of anilines is 1. The molecule has 1 fully saturated rings. The molecule has 2 aromatic heterocycles. The molecule has 0 saturated carbocycles. The van der Waals surface area contributed by atoms with Crippen LogP contribution in [-0.2, 0) is 16.0 Å². The number of carbonyl (C=O) groups excluding carboxylic acids is 3. The number of esters is 1. The van der Waals surface area contributed by atoms with Gasteiger partial charge in [0.1, 0.15) is 10.8 Å². The van der Waals surface area contributed by atoms with Crippen LogP contribution in [-0.4, -0.2) is 66.9 Å². The fourth-order valence-electron chi connectivity index (χ4n) is 3.70. The lowest BCUT2D eigenvalue weighted by atomic mass is 10.1. The molecule has 0 spiro atoms. The van der Waals surface area contributed by atoms with Gasteiger partial charge in [-0.05, 0) is 44.9 Å². The molecule has 1 saturated heterocycles. The second-order valence-corrected chi connectivity index (χ2v) is 8.67. The number of nitrogens with one attached hydrogen (secondary N) is 1. The highest BCUT2D eigenvalue weighted by Gasteiger charge is 2.27. The van der Waals surface area contributed by atoms with Crippen LogP contribution in [0.4, 0.5) is 5.00 Å². The fraction of sp³-hybridized carbons (Fsp3) is 0.500. The van der Waals surface area contributed by atoms with E-state index in [9.17, 15) is 14.4 Å². The van der Waals surface area contributed by atoms with E-state index >= 15 is 0 Å². The Kier molecular flexibility index (Phi) is 7.50. The van der Waals surface area contributed by atoms with Gasteiger partial charge >= 0.3 is 5.97 Å². The molecule has 168 valence electrons. The summed E-state index contributed by atoms with van der Waals surface area (Å²) in [6.07, 6.45) is 0.692. The topological polar surface area (TPSA) is 92.1 Å². The highest BCUT2D eigenvalue weighted by molar-refractivity contribution is 7.16. The van der Waals surface area contributed by atoms with Crippen molar-refractivity contribution in [3.8, 4) is 0 Å². The summed E-state index contributed by atoms with van der Waals surface area (Å²) in [6, 6.07) is 3.46. The van der Waals surface area contributed by atoms with Crippen molar-refractivity contribution in [2.75, 3.05) is 44.6 Å². The number of nitrogens with zero attached hydrogens (tertiary/aromatic N) is 2. The molecular weight excluding hydrogens is 418 g/mol. The number of hydrogen-bond acceptors (Lipinski definition) is 7. The zero-order valence-corrected chi connectivity index (χ0v) is 19.3. The molecule has 9 heteroatoms. The monoisotopic (exact) mass is 447 g/mol. The summed E-state index contributed by atoms with van der Waals surface area (Å²) in [5.41, 5.74) is 1.38. The van der Waals surface area contributed by atoms with Gasteiger partial charge in [0.2, 0.25) is 5.91 Å². The summed E-state index contributed by atoms with van der Waals surface area (Å²) in [7, 11) is 0. The third-order valence-electron chi connectivity index (χ3n) is 5.27. The SMILES string of the molecule is CCOC(=O)c1c(NC(=O)CN2CCN(C(=O)c3ccc(C)o3)CC2)sc(C)c1CC. The largest absolute Gasteiger partial charge is 0.462 e. The van der Waals surface area contributed by atoms with Gasteiger partial charge < -0.3 is 19.4 Å². The Hall–Kier alpha value is -2.65. The highest BCUT2D eigenvalue weighted by atomic mass is 32.1. The predicted molar refractivity (Wildman–Crippen MR) is 119 cm³/mol. The molecule has 0 unspecified atom stereocenters. The molecule has 0 radical (unpaired) electrons. The summed E-state index contributed by atoms with van der Waals surface area (Å²) in [5.74, 6) is 0.332. The number of rotatable bonds is 7. The number of piperazine rings is 1. The first-order chi connectivity index (χ1) is 14.8. The Morgan fingerprint density at radius 1 is 1.13 bits per heavy atom. The van der Waals surface area contributed by atoms with Crippen molar-refractivity contribution in [1.82, 2.24) is 9.80 Å². The quantitative estimate of drug-likeness (QED) is 0.656. The maximum absolute atomic E-state index is 12.7. The van der Waals surface area contributed by atoms with Crippen LogP contribution in [0.3, 0.4) is 0 Å². The van der Waals surface area contributed by atoms with Crippen LogP contribution in [0.5, 0.6) is 0 Å². The van der Waals surface area contributed by atoms with Crippen molar-refractivity contribution < 1.29 is 23.5 Å². The molecule has 3 rings (SSSR count). The number of amides is 2. The lowest BCUT2D eigenvalue weighted by Gasteiger charge is -2.33. The molecule has 0 aliphatic carbocycles. The lowest BCUT2D eigenvalue weighted by molar-refractivity contribution is -0.117. The molecule has 1 aliphatic heterocycles. The average Bonchev–Trinajstić information content (AvgIpc) is 3.30. The van der Waals surface area contributed by atoms with Gasteiger partial charge in [-0.3, -0.25) is 14.5 Å². The maximum Gasteiger partial charge on any atom is 0.341 e. The molecule has 31 heavy (non-hydrogen) atoms. The Morgan fingerprint density at radius 3 is 2.42 bits per heavy atom. The first-order valence-electron chi connectivity index (χ1n) is 10.5. The van der Waals surface area contributed by atoms with Crippen molar-refractivity contribution >= 4 is 34.1 Å². The minimum atomic E-state index is -0.403. The van der Waals surface area contributed by atoms with E-state index in [-0.39, 0.29) is 25.0 Å². The first kappa shape index (κ1) is 23.0. The molecule has 0 atom stereocenters. The predicted octanol–water partition coefficient (Wildman–Crippen LogP) is 3.09. The van der Waals surface area contributed by atoms with E-state index in [1.54, 1.807) is 30.9 Å². The molecular formula is C22H29N3O5S. The van der Waals surface area contributed by atoms with E-state index in [1.807, 2.05) is 18.7 Å². The van der Waals surface area contributed by atoms with Crippen molar-refractivity contribution in [3.63, 3.8) is 0 Å². The highest BCUT2D eigenvalue weighted by Crippen LogP contribution is 2.34. The Balaban J connectivity index is 1.57. The van der Waals surface area contributed by atoms with E-state index in [4.69, 9.17) is 9.15 Å². The molecule has 2 amide bonds. The van der Waals surface area contributed by atoms with Gasteiger partial charge in [0.15, 0.2) is 5.76 Å². The Labute approximate surface area is 186 Å². The molecule has 1 aliphatic rings. The number of furan rings is 1. The second-order valence-electron chi connectivity index (χ2n) is 7.44. The first-order valence-corrected chi connectivity index (χ1v) is 11.3. The normalized spacial score (nSPS) is 14.5. The number of hydrogen-bond donors (Lipinski definition) is 1. The van der Waals surface area contributed by atoms with E-state index < -0.39 is 5.97 Å². The van der Waals surface area contributed by atoms with Crippen molar-refractivity contribution in [2.45, 2.75) is 34.1 Å². The molecule has 8 nitrogen and oxygen atoms in total. The summed E-state index contributed by atoms with van der Waals surface area (Å²) in [4.78, 5) is 42.3. The number of thiophene rings is 1. The molecule has 2 aromatic rings. The number of carbonyl (C=O) groups is 3. The van der Waals surface area contributed by atoms with Crippen LogP contribution in [0.15, 0.2) is 16.5 Å². The summed E-state index contributed by atoms with van der Waals surface area (Å²) < 4.78 is 10.6. The Morgan fingerprint density at radius 2 is 1.84 bits per heavy atom. The minimum absolute atomic E-state index is 0.127. The Bertz CT molecular complexity index is 957. The summed E-state index contributed by atoms with van der Waals surface area (Å²) >= 11 is 1.40. The summed E-state index contributed by atoms with van der Waals surface area (Å²) in [5, 5.41) is 3.44. The molecule has 0 aromatic carbocycles. The van der Waals surface area contributed by atoms with Crippen LogP contribution >= 0.6 is 11.3 Å². The van der Waals surface area contributed by atoms with Gasteiger partial charge in [-0.1, -0.05) is 6.92 Å². The van der Waals surface area contributed by atoms with E-state index in [1.165, 1.54) is 11.3 Å². The van der Waals surface area contributed by atoms with Crippen molar-refractivity contribution in [2.24, 2.45) is 0 Å².